The summed E-state index contributed by atoms with van der Waals surface area (Å²) in [5.74, 6) is 0. The molecule has 2 nitrogen and oxygen atoms in total. The second-order valence-electron chi connectivity index (χ2n) is 1.56. The summed E-state index contributed by atoms with van der Waals surface area (Å²) < 4.78 is 0. The molecule has 36 valence electrons. The Balaban J connectivity index is 2.58. The molecule has 0 bridgehead atoms. The van der Waals surface area contributed by atoms with E-state index in [1.54, 1.807) is 0 Å². The third-order valence-corrected chi connectivity index (χ3v) is 0.868. The molecule has 3 heteroatoms. The van der Waals surface area contributed by atoms with Gasteiger partial charge in [-0.1, -0.05) is 0 Å². The summed E-state index contributed by atoms with van der Waals surface area (Å²) >= 11 is 0. The summed E-state index contributed by atoms with van der Waals surface area (Å²) in [5.41, 5.74) is 1.05. The molecule has 0 aliphatic carbocycles. The van der Waals surface area contributed by atoms with Crippen molar-refractivity contribution in [3.8, 4) is 0 Å². The molecule has 0 fully saturated rings. The van der Waals surface area contributed by atoms with Crippen molar-refractivity contribution in [2.75, 3.05) is 13.1 Å². The monoisotopic (exact) mass is 94.1 g/mol. The number of hydrogen-bond acceptors (Lipinski definition) is 2. The van der Waals surface area contributed by atoms with Gasteiger partial charge in [0.2, 0.25) is 0 Å². The average Bonchev–Trinajstić information content (AvgIpc) is 1.69. The first kappa shape index (κ1) is 4.56. The van der Waals surface area contributed by atoms with Crippen LogP contribution in [0.2, 0.25) is 0 Å². The van der Waals surface area contributed by atoms with Gasteiger partial charge in [0.15, 0.2) is 7.85 Å². The maximum absolute atomic E-state index is 4.10. The predicted octanol–water partition coefficient (Wildman–Crippen LogP) is -0.898. The maximum atomic E-state index is 4.10. The Morgan fingerprint density at radius 2 is 2.43 bits per heavy atom. The molecule has 0 unspecified atom stereocenters. The van der Waals surface area contributed by atoms with E-state index >= 15 is 0 Å². The molecule has 0 aromatic heterocycles. The lowest BCUT2D eigenvalue weighted by Gasteiger charge is -1.96. The summed E-state index contributed by atoms with van der Waals surface area (Å²) in [6.07, 6.45) is 1.81. The SMILES string of the molecule is BC1=NCCN=C1. The number of aliphatic imine (C=N–C) groups is 2. The van der Waals surface area contributed by atoms with Gasteiger partial charge in [0, 0.05) is 11.8 Å². The van der Waals surface area contributed by atoms with Gasteiger partial charge in [0.1, 0.15) is 0 Å². The van der Waals surface area contributed by atoms with Crippen LogP contribution in [0, 0.1) is 0 Å². The smallest absolute Gasteiger partial charge is 0.165 e. The van der Waals surface area contributed by atoms with Crippen LogP contribution in [-0.2, 0) is 0 Å². The summed E-state index contributed by atoms with van der Waals surface area (Å²) in [6, 6.07) is 0. The zero-order valence-electron chi connectivity index (χ0n) is 4.39. The first-order chi connectivity index (χ1) is 3.39. The van der Waals surface area contributed by atoms with Crippen LogP contribution >= 0.6 is 0 Å². The summed E-state index contributed by atoms with van der Waals surface area (Å²) in [5, 5.41) is 0. The molecule has 0 atom stereocenters. The molecule has 0 saturated heterocycles. The Hall–Kier alpha value is -0.595. The van der Waals surface area contributed by atoms with Crippen LogP contribution < -0.4 is 0 Å². The van der Waals surface area contributed by atoms with Crippen molar-refractivity contribution in [1.82, 2.24) is 0 Å². The Bertz CT molecular complexity index is 117. The van der Waals surface area contributed by atoms with Gasteiger partial charge in [-0.25, -0.2) is 0 Å². The van der Waals surface area contributed by atoms with Gasteiger partial charge < -0.3 is 0 Å². The van der Waals surface area contributed by atoms with Crippen molar-refractivity contribution < 1.29 is 0 Å². The Morgan fingerprint density at radius 3 is 2.71 bits per heavy atom. The number of hydrogen-bond donors (Lipinski definition) is 0. The van der Waals surface area contributed by atoms with Gasteiger partial charge in [-0.05, 0) is 0 Å². The molecule has 0 aromatic rings. The van der Waals surface area contributed by atoms with Gasteiger partial charge in [-0.15, -0.1) is 0 Å². The van der Waals surface area contributed by atoms with Crippen molar-refractivity contribution in [2.24, 2.45) is 9.98 Å². The lowest BCUT2D eigenvalue weighted by atomic mass is 10.0. The highest BCUT2D eigenvalue weighted by Crippen LogP contribution is 1.80. The highest BCUT2D eigenvalue weighted by atomic mass is 14.8. The molecule has 1 aliphatic rings. The second kappa shape index (κ2) is 1.91. The fourth-order valence-electron chi connectivity index (χ4n) is 0.522. The fourth-order valence-corrected chi connectivity index (χ4v) is 0.522. The highest BCUT2D eigenvalue weighted by molar-refractivity contribution is 6.75. The summed E-state index contributed by atoms with van der Waals surface area (Å²) in [4.78, 5) is 8.10. The van der Waals surface area contributed by atoms with Crippen LogP contribution in [-0.4, -0.2) is 32.8 Å². The molecule has 7 heavy (non-hydrogen) atoms. The van der Waals surface area contributed by atoms with Crippen molar-refractivity contribution >= 4 is 19.7 Å². The number of nitrogens with zero attached hydrogens (tertiary/aromatic N) is 2. The molecule has 0 spiro atoms. The largest absolute Gasteiger partial charge is 0.297 e. The van der Waals surface area contributed by atoms with Gasteiger partial charge >= 0.3 is 0 Å². The second-order valence-corrected chi connectivity index (χ2v) is 1.56. The standard InChI is InChI=1S/C4H7BN2/c5-4-3-6-1-2-7-4/h3H,1-2,5H2. The Morgan fingerprint density at radius 1 is 1.57 bits per heavy atom. The quantitative estimate of drug-likeness (QED) is 0.347. The topological polar surface area (TPSA) is 24.7 Å². The van der Waals surface area contributed by atoms with Crippen molar-refractivity contribution in [1.29, 1.82) is 0 Å². The highest BCUT2D eigenvalue weighted by Gasteiger charge is 1.88. The van der Waals surface area contributed by atoms with E-state index in [4.69, 9.17) is 0 Å². The average molecular weight is 93.9 g/mol. The van der Waals surface area contributed by atoms with Crippen LogP contribution in [0.5, 0.6) is 0 Å². The first-order valence-corrected chi connectivity index (χ1v) is 2.40. The minimum absolute atomic E-state index is 0.872. The molecule has 1 aliphatic heterocycles. The Kier molecular flexibility index (Phi) is 1.25. The van der Waals surface area contributed by atoms with E-state index in [1.807, 2.05) is 14.1 Å². The van der Waals surface area contributed by atoms with Crippen molar-refractivity contribution in [2.45, 2.75) is 0 Å². The molecule has 0 amide bonds. The molecule has 0 saturated carbocycles. The molecule has 0 radical (unpaired) electrons. The van der Waals surface area contributed by atoms with Gasteiger partial charge in [0.25, 0.3) is 0 Å². The minimum Gasteiger partial charge on any atom is -0.297 e. The molecule has 0 N–H and O–H groups in total. The van der Waals surface area contributed by atoms with E-state index in [2.05, 4.69) is 9.98 Å². The van der Waals surface area contributed by atoms with E-state index < -0.39 is 0 Å². The van der Waals surface area contributed by atoms with Crippen LogP contribution in [0.25, 0.3) is 0 Å². The van der Waals surface area contributed by atoms with E-state index in [9.17, 15) is 0 Å². The van der Waals surface area contributed by atoms with Crippen LogP contribution in [0.15, 0.2) is 9.98 Å². The lowest BCUT2D eigenvalue weighted by Crippen LogP contribution is -2.07. The minimum atomic E-state index is 0.872. The predicted molar refractivity (Wildman–Crippen MR) is 34.2 cm³/mol. The van der Waals surface area contributed by atoms with Gasteiger partial charge in [0.05, 0.1) is 13.1 Å². The van der Waals surface area contributed by atoms with Gasteiger partial charge in [-0.2, -0.15) is 0 Å². The van der Waals surface area contributed by atoms with E-state index in [0.717, 1.165) is 18.7 Å². The molecule has 1 heterocycles. The van der Waals surface area contributed by atoms with E-state index in [-0.39, 0.29) is 0 Å². The van der Waals surface area contributed by atoms with Crippen LogP contribution in [0.3, 0.4) is 0 Å². The normalized spacial score (nSPS) is 19.1. The zero-order chi connectivity index (χ0) is 5.11. The molecule has 1 rings (SSSR count). The maximum Gasteiger partial charge on any atom is 0.165 e. The fraction of sp³-hybridized carbons (Fsp3) is 0.500. The summed E-state index contributed by atoms with van der Waals surface area (Å²) in [6.45, 7) is 1.75. The number of rotatable bonds is 0. The van der Waals surface area contributed by atoms with E-state index in [1.165, 1.54) is 0 Å². The van der Waals surface area contributed by atoms with Crippen LogP contribution in [0.4, 0.5) is 0 Å². The van der Waals surface area contributed by atoms with Gasteiger partial charge in [-0.3, -0.25) is 9.98 Å². The van der Waals surface area contributed by atoms with Crippen LogP contribution in [0.1, 0.15) is 0 Å². The molecule has 0 aromatic carbocycles. The van der Waals surface area contributed by atoms with Crippen molar-refractivity contribution in [3.05, 3.63) is 0 Å². The lowest BCUT2D eigenvalue weighted by molar-refractivity contribution is 0.975. The van der Waals surface area contributed by atoms with Crippen molar-refractivity contribution in [3.63, 3.8) is 0 Å². The summed E-state index contributed by atoms with van der Waals surface area (Å²) in [7, 11) is 1.96. The third kappa shape index (κ3) is 1.14. The van der Waals surface area contributed by atoms with E-state index in [0.29, 0.717) is 0 Å². The molecular weight excluding hydrogens is 86.9 g/mol. The first-order valence-electron chi connectivity index (χ1n) is 2.40. The molecular formula is C4H7BN2. The zero-order valence-corrected chi connectivity index (χ0v) is 4.39. The Labute approximate surface area is 43.8 Å². The third-order valence-electron chi connectivity index (χ3n) is 0.868.